The molecule has 0 spiro atoms. The van der Waals surface area contributed by atoms with Crippen LogP contribution >= 0.6 is 0 Å². The molecular formula is C29H32N8O4. The molecule has 1 aromatic heterocycles. The van der Waals surface area contributed by atoms with Crippen molar-refractivity contribution in [1.82, 2.24) is 19.8 Å². The molecule has 4 amide bonds. The zero-order valence-electron chi connectivity index (χ0n) is 23.3. The van der Waals surface area contributed by atoms with Gasteiger partial charge in [0.15, 0.2) is 5.82 Å². The van der Waals surface area contributed by atoms with Crippen LogP contribution in [0, 0.1) is 0 Å². The minimum atomic E-state index is -0.350. The third-order valence-corrected chi connectivity index (χ3v) is 7.06. The summed E-state index contributed by atoms with van der Waals surface area (Å²) < 4.78 is 5.67. The smallest absolute Gasteiger partial charge is 0.330 e. The molecule has 3 aromatic rings. The van der Waals surface area contributed by atoms with Crippen molar-refractivity contribution in [2.75, 3.05) is 60.8 Å². The van der Waals surface area contributed by atoms with Gasteiger partial charge in [0, 0.05) is 69.4 Å². The van der Waals surface area contributed by atoms with Gasteiger partial charge in [-0.05, 0) is 36.4 Å². The summed E-state index contributed by atoms with van der Waals surface area (Å²) in [6, 6.07) is 12.5. The molecule has 0 bridgehead atoms. The molecule has 5 rings (SSSR count). The number of anilines is 6. The van der Waals surface area contributed by atoms with Crippen LogP contribution in [0.2, 0.25) is 0 Å². The van der Waals surface area contributed by atoms with Gasteiger partial charge in [-0.2, -0.15) is 4.98 Å². The number of nitrogens with zero attached hydrogens (tertiary/aromatic N) is 6. The minimum absolute atomic E-state index is 0.0888. The van der Waals surface area contributed by atoms with Gasteiger partial charge in [0.05, 0.1) is 25.0 Å². The Balaban J connectivity index is 1.41. The van der Waals surface area contributed by atoms with Crippen molar-refractivity contribution in [3.8, 4) is 5.75 Å². The van der Waals surface area contributed by atoms with Crippen molar-refractivity contribution in [2.24, 2.45) is 0 Å². The highest BCUT2D eigenvalue weighted by Gasteiger charge is 2.32. The topological polar surface area (TPSA) is 123 Å². The summed E-state index contributed by atoms with van der Waals surface area (Å²) in [5, 5.41) is 5.96. The Morgan fingerprint density at radius 3 is 2.56 bits per heavy atom. The first-order chi connectivity index (χ1) is 19.8. The molecular weight excluding hydrogens is 524 g/mol. The highest BCUT2D eigenvalue weighted by Crippen LogP contribution is 2.36. The number of nitrogens with one attached hydrogen (secondary N) is 2. The zero-order chi connectivity index (χ0) is 29.1. The second-order valence-corrected chi connectivity index (χ2v) is 9.76. The van der Waals surface area contributed by atoms with Crippen molar-refractivity contribution < 1.29 is 19.1 Å². The average molecular weight is 557 g/mol. The molecule has 3 heterocycles. The Hall–Kier alpha value is -5.13. The van der Waals surface area contributed by atoms with Gasteiger partial charge in [-0.25, -0.2) is 14.7 Å². The van der Waals surface area contributed by atoms with E-state index in [4.69, 9.17) is 9.72 Å². The number of piperazine rings is 1. The van der Waals surface area contributed by atoms with Crippen molar-refractivity contribution in [3.63, 3.8) is 0 Å². The number of methoxy groups -OCH3 is 1. The second kappa shape index (κ2) is 11.5. The van der Waals surface area contributed by atoms with Crippen LogP contribution in [0.15, 0.2) is 61.3 Å². The lowest BCUT2D eigenvalue weighted by atomic mass is 10.2. The number of benzene rings is 2. The normalized spacial score (nSPS) is 14.9. The summed E-state index contributed by atoms with van der Waals surface area (Å²) in [6.45, 7) is 8.25. The molecule has 2 aliphatic rings. The maximum Gasteiger partial charge on any atom is 0.330 e. The maximum absolute atomic E-state index is 13.3. The van der Waals surface area contributed by atoms with Crippen molar-refractivity contribution >= 4 is 52.4 Å². The van der Waals surface area contributed by atoms with Crippen molar-refractivity contribution in [2.45, 2.75) is 13.5 Å². The molecule has 0 atom stereocenters. The predicted octanol–water partition coefficient (Wildman–Crippen LogP) is 3.73. The number of hydrogen-bond donors (Lipinski definition) is 2. The highest BCUT2D eigenvalue weighted by molar-refractivity contribution is 6.03. The summed E-state index contributed by atoms with van der Waals surface area (Å²) in [4.78, 5) is 53.2. The van der Waals surface area contributed by atoms with E-state index in [9.17, 15) is 14.4 Å². The van der Waals surface area contributed by atoms with Crippen LogP contribution in [0.1, 0.15) is 12.5 Å². The first kappa shape index (κ1) is 27.4. The van der Waals surface area contributed by atoms with Gasteiger partial charge in [-0.3, -0.25) is 9.59 Å². The molecule has 1 saturated heterocycles. The molecule has 41 heavy (non-hydrogen) atoms. The van der Waals surface area contributed by atoms with E-state index in [2.05, 4.69) is 27.1 Å². The van der Waals surface area contributed by atoms with E-state index in [1.54, 1.807) is 56.4 Å². The Morgan fingerprint density at radius 2 is 1.85 bits per heavy atom. The number of urea groups is 1. The molecule has 0 aliphatic carbocycles. The van der Waals surface area contributed by atoms with Gasteiger partial charge in [0.2, 0.25) is 17.8 Å². The number of carbonyl (C=O) groups excluding carboxylic acids is 3. The summed E-state index contributed by atoms with van der Waals surface area (Å²) in [5.41, 5.74) is 3.49. The number of carbonyl (C=O) groups is 3. The van der Waals surface area contributed by atoms with Crippen molar-refractivity contribution in [3.05, 3.63) is 66.9 Å². The molecule has 2 N–H and O–H groups in total. The lowest BCUT2D eigenvalue weighted by Crippen LogP contribution is -2.48. The maximum atomic E-state index is 13.3. The van der Waals surface area contributed by atoms with Crippen LogP contribution in [0.25, 0.3) is 0 Å². The van der Waals surface area contributed by atoms with Crippen LogP contribution in [0.5, 0.6) is 5.75 Å². The molecule has 12 heteroatoms. The summed E-state index contributed by atoms with van der Waals surface area (Å²) in [7, 11) is 3.31. The van der Waals surface area contributed by atoms with Gasteiger partial charge >= 0.3 is 6.03 Å². The molecule has 0 unspecified atom stereocenters. The fourth-order valence-electron chi connectivity index (χ4n) is 4.88. The van der Waals surface area contributed by atoms with Crippen molar-refractivity contribution in [1.29, 1.82) is 0 Å². The zero-order valence-corrected chi connectivity index (χ0v) is 23.3. The van der Waals surface area contributed by atoms with Gasteiger partial charge in [-0.1, -0.05) is 12.6 Å². The number of hydrogen-bond acceptors (Lipinski definition) is 8. The number of aromatic nitrogens is 2. The summed E-state index contributed by atoms with van der Waals surface area (Å²) in [6.07, 6.45) is 2.88. The fourth-order valence-corrected chi connectivity index (χ4v) is 4.88. The number of fused-ring (bicyclic) bond motifs is 1. The van der Waals surface area contributed by atoms with Crippen LogP contribution in [-0.2, 0) is 16.1 Å². The lowest BCUT2D eigenvalue weighted by molar-refractivity contribution is -0.129. The van der Waals surface area contributed by atoms with E-state index in [1.807, 2.05) is 23.1 Å². The fraction of sp³-hybridized carbons (Fsp3) is 0.276. The molecule has 0 saturated carbocycles. The van der Waals surface area contributed by atoms with Crippen LogP contribution in [0.3, 0.4) is 0 Å². The third-order valence-electron chi connectivity index (χ3n) is 7.06. The van der Waals surface area contributed by atoms with E-state index in [0.717, 1.165) is 24.3 Å². The quantitative estimate of drug-likeness (QED) is 0.422. The SMILES string of the molecule is C=CC(=O)Nc1cccc(N2C(=O)N(C)Cc3cnc(Nc4ccc(N5CCN(C(C)=O)CC5)cc4OC)nc32)c1. The van der Waals surface area contributed by atoms with Crippen LogP contribution < -0.4 is 25.2 Å². The standard InChI is InChI=1S/C29H32N8O4/c1-5-26(39)31-21-7-6-8-23(15-21)37-27-20(18-34(3)29(37)40)17-30-28(33-27)32-24-10-9-22(16-25(24)41-4)36-13-11-35(12-14-36)19(2)38/h5-10,15-17H,1,11-14,18H2,2-4H3,(H,31,39)(H,30,32,33). The monoisotopic (exact) mass is 556 g/mol. The van der Waals surface area contributed by atoms with Gasteiger partial charge in [-0.15, -0.1) is 0 Å². The Bertz CT molecular complexity index is 1500. The number of ether oxygens (including phenoxy) is 1. The number of amides is 4. The molecule has 2 aliphatic heterocycles. The van der Waals surface area contributed by atoms with Crippen LogP contribution in [-0.4, -0.2) is 77.9 Å². The summed E-state index contributed by atoms with van der Waals surface area (Å²) in [5.74, 6) is 1.08. The Kier molecular flexibility index (Phi) is 7.72. The lowest BCUT2D eigenvalue weighted by Gasteiger charge is -2.35. The molecule has 12 nitrogen and oxygen atoms in total. The van der Waals surface area contributed by atoms with E-state index in [1.165, 1.54) is 11.0 Å². The largest absolute Gasteiger partial charge is 0.494 e. The molecule has 1 fully saturated rings. The molecule has 212 valence electrons. The van der Waals surface area contributed by atoms with Gasteiger partial charge in [0.25, 0.3) is 0 Å². The first-order valence-electron chi connectivity index (χ1n) is 13.2. The Labute approximate surface area is 238 Å². The molecule has 0 radical (unpaired) electrons. The number of rotatable bonds is 7. The van der Waals surface area contributed by atoms with Crippen LogP contribution in [0.4, 0.5) is 39.3 Å². The minimum Gasteiger partial charge on any atom is -0.494 e. The average Bonchev–Trinajstić information content (AvgIpc) is 2.98. The molecule has 2 aromatic carbocycles. The first-order valence-corrected chi connectivity index (χ1v) is 13.2. The van der Waals surface area contributed by atoms with Gasteiger partial charge in [0.1, 0.15) is 5.75 Å². The van der Waals surface area contributed by atoms with E-state index in [-0.39, 0.29) is 17.8 Å². The van der Waals surface area contributed by atoms with Gasteiger partial charge < -0.3 is 30.1 Å². The van der Waals surface area contributed by atoms with E-state index < -0.39 is 0 Å². The third kappa shape index (κ3) is 5.76. The summed E-state index contributed by atoms with van der Waals surface area (Å²) >= 11 is 0. The Morgan fingerprint density at radius 1 is 1.07 bits per heavy atom. The van der Waals surface area contributed by atoms with E-state index >= 15 is 0 Å². The second-order valence-electron chi connectivity index (χ2n) is 9.76. The highest BCUT2D eigenvalue weighted by atomic mass is 16.5. The van der Waals surface area contributed by atoms with E-state index in [0.29, 0.717) is 54.2 Å². The predicted molar refractivity (Wildman–Crippen MR) is 157 cm³/mol.